The monoisotopic (exact) mass is 286 g/mol. The summed E-state index contributed by atoms with van der Waals surface area (Å²) in [6.07, 6.45) is 11.7. The molecule has 0 amide bonds. The minimum Gasteiger partial charge on any atom is -0.300 e. The number of hydrogen-bond donors (Lipinski definition) is 0. The zero-order valence-electron chi connectivity index (χ0n) is 11.5. The lowest BCUT2D eigenvalue weighted by molar-refractivity contribution is 0.133. The Morgan fingerprint density at radius 3 is 2.65 bits per heavy atom. The Bertz CT molecular complexity index is 566. The van der Waals surface area contributed by atoms with E-state index in [4.69, 9.17) is 4.98 Å². The van der Waals surface area contributed by atoms with Crippen molar-refractivity contribution in [3.8, 4) is 10.6 Å². The Morgan fingerprint density at radius 1 is 1.10 bits per heavy atom. The van der Waals surface area contributed by atoms with Gasteiger partial charge in [-0.05, 0) is 19.3 Å². The average Bonchev–Trinajstić information content (AvgIpc) is 2.75. The maximum atomic E-state index is 4.83. The molecular formula is C15H18N4S. The van der Waals surface area contributed by atoms with E-state index < -0.39 is 0 Å². The molecule has 0 bridgehead atoms. The van der Waals surface area contributed by atoms with Crippen LogP contribution in [0.1, 0.15) is 29.8 Å². The molecule has 1 saturated carbocycles. The first-order valence-corrected chi connectivity index (χ1v) is 8.20. The third-order valence-electron chi connectivity index (χ3n) is 4.44. The van der Waals surface area contributed by atoms with Gasteiger partial charge in [0.05, 0.1) is 5.69 Å². The van der Waals surface area contributed by atoms with E-state index in [1.165, 1.54) is 42.9 Å². The third kappa shape index (κ3) is 2.25. The van der Waals surface area contributed by atoms with Crippen LogP contribution in [-0.4, -0.2) is 39.0 Å². The molecule has 4 nitrogen and oxygen atoms in total. The molecule has 1 aliphatic carbocycles. The van der Waals surface area contributed by atoms with Crippen LogP contribution in [0.4, 0.5) is 0 Å². The minimum absolute atomic E-state index is 0.853. The van der Waals surface area contributed by atoms with Gasteiger partial charge in [0.2, 0.25) is 0 Å². The summed E-state index contributed by atoms with van der Waals surface area (Å²) < 4.78 is 0. The summed E-state index contributed by atoms with van der Waals surface area (Å²) in [7, 11) is 0. The Hall–Kier alpha value is -1.33. The van der Waals surface area contributed by atoms with E-state index in [0.29, 0.717) is 0 Å². The van der Waals surface area contributed by atoms with Gasteiger partial charge in [-0.3, -0.25) is 4.90 Å². The lowest BCUT2D eigenvalue weighted by Gasteiger charge is -2.36. The Kier molecular flexibility index (Phi) is 3.24. The molecule has 0 N–H and O–H groups in total. The quantitative estimate of drug-likeness (QED) is 0.851. The molecule has 104 valence electrons. The molecule has 20 heavy (non-hydrogen) atoms. The van der Waals surface area contributed by atoms with Crippen LogP contribution in [0.5, 0.6) is 0 Å². The van der Waals surface area contributed by atoms with E-state index in [0.717, 1.165) is 29.5 Å². The largest absolute Gasteiger partial charge is 0.300 e. The number of rotatable bonds is 2. The smallest absolute Gasteiger partial charge is 0.126 e. The maximum Gasteiger partial charge on any atom is 0.126 e. The van der Waals surface area contributed by atoms with Crippen molar-refractivity contribution in [1.29, 1.82) is 0 Å². The van der Waals surface area contributed by atoms with E-state index in [1.807, 2.05) is 23.7 Å². The molecule has 2 aliphatic rings. The third-order valence-corrected chi connectivity index (χ3v) is 5.65. The van der Waals surface area contributed by atoms with Crippen molar-refractivity contribution < 1.29 is 0 Å². The van der Waals surface area contributed by atoms with E-state index >= 15 is 0 Å². The van der Waals surface area contributed by atoms with Crippen molar-refractivity contribution in [2.24, 2.45) is 0 Å². The lowest BCUT2D eigenvalue weighted by Crippen LogP contribution is -2.41. The summed E-state index contributed by atoms with van der Waals surface area (Å²) in [5, 5.41) is 1.08. The second-order valence-corrected chi connectivity index (χ2v) is 6.72. The van der Waals surface area contributed by atoms with Gasteiger partial charge in [0.15, 0.2) is 0 Å². The number of hydrogen-bond acceptors (Lipinski definition) is 5. The van der Waals surface area contributed by atoms with Gasteiger partial charge in [0.25, 0.3) is 0 Å². The second-order valence-electron chi connectivity index (χ2n) is 5.64. The molecule has 0 saturated heterocycles. The number of fused-ring (bicyclic) bond motifs is 1. The van der Waals surface area contributed by atoms with Gasteiger partial charge in [-0.1, -0.05) is 6.42 Å². The molecule has 2 aromatic heterocycles. The SMILES string of the molecule is c1ncc(-c2nc3c(s2)CCN(C2CCC2)CC3)cn1. The lowest BCUT2D eigenvalue weighted by atomic mass is 9.91. The first-order valence-electron chi connectivity index (χ1n) is 7.38. The molecule has 0 spiro atoms. The van der Waals surface area contributed by atoms with Crippen LogP contribution in [0, 0.1) is 0 Å². The number of aromatic nitrogens is 3. The van der Waals surface area contributed by atoms with Crippen LogP contribution in [0.2, 0.25) is 0 Å². The Morgan fingerprint density at radius 2 is 1.90 bits per heavy atom. The molecule has 0 atom stereocenters. The Labute approximate surface area is 122 Å². The zero-order valence-corrected chi connectivity index (χ0v) is 12.3. The zero-order chi connectivity index (χ0) is 13.4. The van der Waals surface area contributed by atoms with Crippen LogP contribution >= 0.6 is 11.3 Å². The molecule has 0 aromatic carbocycles. The van der Waals surface area contributed by atoms with Crippen LogP contribution in [0.25, 0.3) is 10.6 Å². The van der Waals surface area contributed by atoms with Gasteiger partial charge in [-0.25, -0.2) is 15.0 Å². The average molecular weight is 286 g/mol. The summed E-state index contributed by atoms with van der Waals surface area (Å²) in [6.45, 7) is 2.37. The van der Waals surface area contributed by atoms with E-state index in [1.54, 1.807) is 6.33 Å². The molecule has 4 rings (SSSR count). The summed E-state index contributed by atoms with van der Waals surface area (Å²) in [4.78, 5) is 17.1. The highest BCUT2D eigenvalue weighted by Crippen LogP contribution is 2.32. The molecule has 1 fully saturated rings. The van der Waals surface area contributed by atoms with Crippen LogP contribution in [-0.2, 0) is 12.8 Å². The molecule has 2 aromatic rings. The van der Waals surface area contributed by atoms with Gasteiger partial charge in [0.1, 0.15) is 11.3 Å². The summed E-state index contributed by atoms with van der Waals surface area (Å²) in [5.74, 6) is 0. The fraction of sp³-hybridized carbons (Fsp3) is 0.533. The molecule has 0 unspecified atom stereocenters. The van der Waals surface area contributed by atoms with Crippen molar-refractivity contribution in [3.63, 3.8) is 0 Å². The Balaban J connectivity index is 1.54. The van der Waals surface area contributed by atoms with Gasteiger partial charge in [-0.15, -0.1) is 11.3 Å². The van der Waals surface area contributed by atoms with Crippen molar-refractivity contribution >= 4 is 11.3 Å². The highest BCUT2D eigenvalue weighted by Gasteiger charge is 2.27. The van der Waals surface area contributed by atoms with Crippen molar-refractivity contribution in [2.75, 3.05) is 13.1 Å². The number of nitrogens with zero attached hydrogens (tertiary/aromatic N) is 4. The normalized spacial score (nSPS) is 20.2. The van der Waals surface area contributed by atoms with Crippen molar-refractivity contribution in [2.45, 2.75) is 38.1 Å². The van der Waals surface area contributed by atoms with Gasteiger partial charge < -0.3 is 0 Å². The summed E-state index contributed by atoms with van der Waals surface area (Å²) in [5.41, 5.74) is 2.34. The van der Waals surface area contributed by atoms with Crippen LogP contribution in [0.15, 0.2) is 18.7 Å². The van der Waals surface area contributed by atoms with E-state index in [-0.39, 0.29) is 0 Å². The molecule has 1 aliphatic heterocycles. The minimum atomic E-state index is 0.853. The van der Waals surface area contributed by atoms with Crippen molar-refractivity contribution in [3.05, 3.63) is 29.3 Å². The van der Waals surface area contributed by atoms with Gasteiger partial charge in [-0.2, -0.15) is 0 Å². The van der Waals surface area contributed by atoms with Crippen LogP contribution < -0.4 is 0 Å². The fourth-order valence-electron chi connectivity index (χ4n) is 3.03. The highest BCUT2D eigenvalue weighted by molar-refractivity contribution is 7.15. The fourth-order valence-corrected chi connectivity index (χ4v) is 4.10. The predicted molar refractivity (Wildman–Crippen MR) is 79.8 cm³/mol. The van der Waals surface area contributed by atoms with Gasteiger partial charge >= 0.3 is 0 Å². The molecular weight excluding hydrogens is 268 g/mol. The molecule has 5 heteroatoms. The molecule has 3 heterocycles. The summed E-state index contributed by atoms with van der Waals surface area (Å²) in [6, 6.07) is 0.853. The van der Waals surface area contributed by atoms with Crippen molar-refractivity contribution in [1.82, 2.24) is 19.9 Å². The topological polar surface area (TPSA) is 41.9 Å². The first kappa shape index (κ1) is 12.4. The second kappa shape index (κ2) is 5.22. The predicted octanol–water partition coefficient (Wildman–Crippen LogP) is 2.55. The van der Waals surface area contributed by atoms with E-state index in [2.05, 4.69) is 14.9 Å². The highest BCUT2D eigenvalue weighted by atomic mass is 32.1. The summed E-state index contributed by atoms with van der Waals surface area (Å²) >= 11 is 1.82. The standard InChI is InChI=1S/C15H18N4S/c1-2-12(3-1)19-6-4-13-14(5-7-19)20-15(18-13)11-8-16-10-17-9-11/h8-10,12H,1-7H2. The first-order chi connectivity index (χ1) is 9.90. The molecule has 0 radical (unpaired) electrons. The van der Waals surface area contributed by atoms with Crippen LogP contribution in [0.3, 0.4) is 0 Å². The van der Waals surface area contributed by atoms with E-state index in [9.17, 15) is 0 Å². The maximum absolute atomic E-state index is 4.83. The number of thiazole rings is 1. The van der Waals surface area contributed by atoms with Gasteiger partial charge in [0, 0.05) is 48.4 Å².